The molecule has 4 nitrogen and oxygen atoms in total. The lowest BCUT2D eigenvalue weighted by Gasteiger charge is -2.39. The van der Waals surface area contributed by atoms with E-state index in [0.717, 1.165) is 29.7 Å². The van der Waals surface area contributed by atoms with Crippen molar-refractivity contribution in [3.63, 3.8) is 0 Å². The van der Waals surface area contributed by atoms with E-state index in [2.05, 4.69) is 5.32 Å². The number of aliphatic hydroxyl groups excluding tert-OH is 1. The molecule has 0 unspecified atom stereocenters. The standard InChI is InChI=1S/C25H26F3NO3/c1-3-24(4-2)14-16(19-9-7-17(25(26,27)28)12-22(19)32-24)11-23(31)29-18-8-5-15-6-10-21(30)20(15)13-18/h5,7-9,11-13,21,30H,3-4,6,10,14H2,1-2H3,(H,29,31)/b16-11+/t21-/m0/s1. The second kappa shape index (κ2) is 8.28. The van der Waals surface area contributed by atoms with E-state index in [1.807, 2.05) is 19.9 Å². The number of fused-ring (bicyclic) bond motifs is 2. The van der Waals surface area contributed by atoms with Crippen LogP contribution >= 0.6 is 0 Å². The zero-order valence-electron chi connectivity index (χ0n) is 18.1. The Kier molecular flexibility index (Phi) is 5.79. The molecule has 4 rings (SSSR count). The van der Waals surface area contributed by atoms with E-state index in [1.54, 1.807) is 12.1 Å². The zero-order valence-corrected chi connectivity index (χ0v) is 18.1. The highest BCUT2D eigenvalue weighted by Gasteiger charge is 2.38. The lowest BCUT2D eigenvalue weighted by atomic mass is 9.83. The molecule has 7 heteroatoms. The second-order valence-electron chi connectivity index (χ2n) is 8.50. The van der Waals surface area contributed by atoms with E-state index in [-0.39, 0.29) is 11.7 Å². The number of benzene rings is 2. The number of carbonyl (C=O) groups is 1. The Morgan fingerprint density at radius 2 is 1.97 bits per heavy atom. The first-order chi connectivity index (χ1) is 15.1. The van der Waals surface area contributed by atoms with Gasteiger partial charge in [-0.05, 0) is 66.6 Å². The van der Waals surface area contributed by atoms with Crippen LogP contribution in [0.4, 0.5) is 18.9 Å². The van der Waals surface area contributed by atoms with Crippen LogP contribution in [0.25, 0.3) is 5.57 Å². The molecule has 2 aromatic carbocycles. The van der Waals surface area contributed by atoms with Gasteiger partial charge in [-0.3, -0.25) is 4.79 Å². The first kappa shape index (κ1) is 22.4. The molecule has 0 radical (unpaired) electrons. The molecule has 2 N–H and O–H groups in total. The molecule has 170 valence electrons. The SMILES string of the molecule is CCC1(CC)C/C(=C\C(=O)Nc2ccc3c(c2)[C@@H](O)CC3)c2ccc(C(F)(F)F)cc2O1. The van der Waals surface area contributed by atoms with Gasteiger partial charge in [0.05, 0.1) is 11.7 Å². The van der Waals surface area contributed by atoms with Crippen molar-refractivity contribution in [1.82, 2.24) is 0 Å². The summed E-state index contributed by atoms with van der Waals surface area (Å²) in [4.78, 5) is 12.8. The third-order valence-electron chi connectivity index (χ3n) is 6.55. The Labute approximate surface area is 185 Å². The van der Waals surface area contributed by atoms with Crippen molar-refractivity contribution >= 4 is 17.2 Å². The summed E-state index contributed by atoms with van der Waals surface area (Å²) in [5, 5.41) is 12.9. The molecule has 0 saturated carbocycles. The van der Waals surface area contributed by atoms with Gasteiger partial charge in [0, 0.05) is 23.7 Å². The van der Waals surface area contributed by atoms with Crippen LogP contribution in [0.1, 0.15) is 67.9 Å². The van der Waals surface area contributed by atoms with Gasteiger partial charge in [-0.15, -0.1) is 0 Å². The average Bonchev–Trinajstić information content (AvgIpc) is 3.12. The number of halogens is 3. The molecule has 0 spiro atoms. The summed E-state index contributed by atoms with van der Waals surface area (Å²) < 4.78 is 45.7. The third kappa shape index (κ3) is 4.26. The highest BCUT2D eigenvalue weighted by atomic mass is 19.4. The Hall–Kier alpha value is -2.80. The summed E-state index contributed by atoms with van der Waals surface area (Å²) in [6.07, 6.45) is -0.462. The van der Waals surface area contributed by atoms with Gasteiger partial charge < -0.3 is 15.2 Å². The van der Waals surface area contributed by atoms with Gasteiger partial charge in [0.15, 0.2) is 0 Å². The minimum absolute atomic E-state index is 0.148. The third-order valence-corrected chi connectivity index (χ3v) is 6.55. The average molecular weight is 445 g/mol. The van der Waals surface area contributed by atoms with Crippen molar-refractivity contribution in [1.29, 1.82) is 0 Å². The number of ether oxygens (including phenoxy) is 1. The maximum atomic E-state index is 13.2. The molecule has 1 atom stereocenters. The van der Waals surface area contributed by atoms with Crippen LogP contribution in [0.2, 0.25) is 0 Å². The Balaban J connectivity index is 1.66. The van der Waals surface area contributed by atoms with E-state index in [4.69, 9.17) is 4.74 Å². The van der Waals surface area contributed by atoms with Gasteiger partial charge in [0.2, 0.25) is 5.91 Å². The number of aliphatic hydroxyl groups is 1. The van der Waals surface area contributed by atoms with Crippen LogP contribution in [0.5, 0.6) is 5.75 Å². The Morgan fingerprint density at radius 1 is 1.22 bits per heavy atom. The predicted molar refractivity (Wildman–Crippen MR) is 116 cm³/mol. The molecule has 2 aromatic rings. The number of anilines is 1. The van der Waals surface area contributed by atoms with Gasteiger partial charge in [-0.25, -0.2) is 0 Å². The molecule has 32 heavy (non-hydrogen) atoms. The molecule has 0 saturated heterocycles. The lowest BCUT2D eigenvalue weighted by molar-refractivity contribution is -0.137. The maximum absolute atomic E-state index is 13.2. The molecular formula is C25H26F3NO3. The summed E-state index contributed by atoms with van der Waals surface area (Å²) in [6.45, 7) is 3.85. The van der Waals surface area contributed by atoms with E-state index in [1.165, 1.54) is 12.1 Å². The topological polar surface area (TPSA) is 58.6 Å². The van der Waals surface area contributed by atoms with Gasteiger partial charge in [0.25, 0.3) is 0 Å². The van der Waals surface area contributed by atoms with Crippen molar-refractivity contribution in [3.8, 4) is 5.75 Å². The Morgan fingerprint density at radius 3 is 2.66 bits per heavy atom. The van der Waals surface area contributed by atoms with Crippen LogP contribution < -0.4 is 10.1 Å². The van der Waals surface area contributed by atoms with Crippen LogP contribution in [-0.4, -0.2) is 16.6 Å². The van der Waals surface area contributed by atoms with Crippen LogP contribution in [-0.2, 0) is 17.4 Å². The number of carbonyl (C=O) groups excluding carboxylic acids is 1. The van der Waals surface area contributed by atoms with E-state index >= 15 is 0 Å². The maximum Gasteiger partial charge on any atom is 0.416 e. The normalized spacial score (nSPS) is 20.4. The van der Waals surface area contributed by atoms with Crippen LogP contribution in [0.15, 0.2) is 42.5 Å². The first-order valence-electron chi connectivity index (χ1n) is 10.9. The molecule has 0 bridgehead atoms. The number of alkyl halides is 3. The van der Waals surface area contributed by atoms with Crippen LogP contribution in [0.3, 0.4) is 0 Å². The fraction of sp³-hybridized carbons (Fsp3) is 0.400. The van der Waals surface area contributed by atoms with E-state index < -0.39 is 23.4 Å². The van der Waals surface area contributed by atoms with E-state index in [9.17, 15) is 23.1 Å². The molecule has 0 aromatic heterocycles. The number of amides is 1. The monoisotopic (exact) mass is 445 g/mol. The molecule has 1 amide bonds. The number of hydrogen-bond acceptors (Lipinski definition) is 3. The summed E-state index contributed by atoms with van der Waals surface area (Å²) in [5.41, 5.74) is 2.16. The van der Waals surface area contributed by atoms with Crippen molar-refractivity contribution in [2.75, 3.05) is 5.32 Å². The molecule has 2 aliphatic rings. The molecule has 1 aliphatic carbocycles. The minimum atomic E-state index is -4.48. The number of rotatable bonds is 4. The fourth-order valence-corrected chi connectivity index (χ4v) is 4.53. The number of aryl methyl sites for hydroxylation is 1. The highest BCUT2D eigenvalue weighted by Crippen LogP contribution is 2.45. The summed E-state index contributed by atoms with van der Waals surface area (Å²) in [5.74, 6) is -0.226. The van der Waals surface area contributed by atoms with Crippen molar-refractivity contribution in [3.05, 3.63) is 64.7 Å². The highest BCUT2D eigenvalue weighted by molar-refractivity contribution is 6.04. The van der Waals surface area contributed by atoms with Crippen molar-refractivity contribution in [2.24, 2.45) is 0 Å². The van der Waals surface area contributed by atoms with Gasteiger partial charge in [-0.1, -0.05) is 26.0 Å². The molecule has 0 fully saturated rings. The quantitative estimate of drug-likeness (QED) is 0.564. The van der Waals surface area contributed by atoms with Crippen molar-refractivity contribution < 1.29 is 27.8 Å². The molecule has 1 heterocycles. The second-order valence-corrected chi connectivity index (χ2v) is 8.50. The smallest absolute Gasteiger partial charge is 0.416 e. The van der Waals surface area contributed by atoms with Crippen molar-refractivity contribution in [2.45, 2.75) is 63.8 Å². The fourth-order valence-electron chi connectivity index (χ4n) is 4.53. The number of nitrogens with one attached hydrogen (secondary N) is 1. The minimum Gasteiger partial charge on any atom is -0.486 e. The molecular weight excluding hydrogens is 419 g/mol. The van der Waals surface area contributed by atoms with Gasteiger partial charge >= 0.3 is 6.18 Å². The predicted octanol–water partition coefficient (Wildman–Crippen LogP) is 6.05. The zero-order chi connectivity index (χ0) is 23.1. The number of hydrogen-bond donors (Lipinski definition) is 2. The van der Waals surface area contributed by atoms with E-state index in [0.29, 0.717) is 42.5 Å². The first-order valence-corrected chi connectivity index (χ1v) is 10.9. The summed E-state index contributed by atoms with van der Waals surface area (Å²) >= 11 is 0. The van der Waals surface area contributed by atoms with Gasteiger partial charge in [-0.2, -0.15) is 13.2 Å². The van der Waals surface area contributed by atoms with Gasteiger partial charge in [0.1, 0.15) is 11.4 Å². The van der Waals surface area contributed by atoms with Crippen LogP contribution in [0, 0.1) is 0 Å². The molecule has 1 aliphatic heterocycles. The lowest BCUT2D eigenvalue weighted by Crippen LogP contribution is -2.38. The summed E-state index contributed by atoms with van der Waals surface area (Å²) in [7, 11) is 0. The summed E-state index contributed by atoms with van der Waals surface area (Å²) in [6, 6.07) is 8.87. The largest absolute Gasteiger partial charge is 0.486 e. The Bertz CT molecular complexity index is 1070.